The summed E-state index contributed by atoms with van der Waals surface area (Å²) in [6.45, 7) is 10.1. The monoisotopic (exact) mass is 333 g/mol. The summed E-state index contributed by atoms with van der Waals surface area (Å²) in [5.74, 6) is 0.598. The summed E-state index contributed by atoms with van der Waals surface area (Å²) in [6, 6.07) is 2.25. The van der Waals surface area contributed by atoms with E-state index in [0.717, 1.165) is 12.1 Å². The van der Waals surface area contributed by atoms with Gasteiger partial charge < -0.3 is 4.74 Å². The van der Waals surface area contributed by atoms with Gasteiger partial charge in [-0.15, -0.1) is 0 Å². The van der Waals surface area contributed by atoms with Crippen LogP contribution in [0.1, 0.15) is 102 Å². The van der Waals surface area contributed by atoms with E-state index >= 15 is 0 Å². The topological polar surface area (TPSA) is 31.2 Å². The Kier molecular flexibility index (Phi) is 6.54. The third kappa shape index (κ3) is 4.87. The predicted octanol–water partition coefficient (Wildman–Crippen LogP) is 6.36. The van der Waals surface area contributed by atoms with E-state index in [0.29, 0.717) is 5.92 Å². The van der Waals surface area contributed by atoms with Crippen molar-refractivity contribution < 1.29 is 9.53 Å². The van der Waals surface area contributed by atoms with Crippen LogP contribution in [0.5, 0.6) is 0 Å². The molecule has 0 radical (unpaired) electrons. The largest absolute Gasteiger partial charge is 0.443 e. The van der Waals surface area contributed by atoms with Crippen molar-refractivity contribution in [2.24, 2.45) is 0 Å². The van der Waals surface area contributed by atoms with Crippen molar-refractivity contribution in [1.29, 1.82) is 0 Å². The van der Waals surface area contributed by atoms with E-state index in [4.69, 9.17) is 4.74 Å². The molecule has 0 spiro atoms. The maximum Gasteiger partial charge on any atom is 0.418 e. The lowest BCUT2D eigenvalue weighted by molar-refractivity contribution is 0.0529. The molecule has 1 aromatic rings. The van der Waals surface area contributed by atoms with E-state index in [9.17, 15) is 4.79 Å². The second-order valence-electron chi connectivity index (χ2n) is 8.30. The van der Waals surface area contributed by atoms with Crippen molar-refractivity contribution in [3.05, 3.63) is 23.0 Å². The highest BCUT2D eigenvalue weighted by Gasteiger charge is 2.26. The van der Waals surface area contributed by atoms with Gasteiger partial charge in [-0.1, -0.05) is 39.0 Å². The molecule has 3 nitrogen and oxygen atoms in total. The van der Waals surface area contributed by atoms with Gasteiger partial charge in [0.25, 0.3) is 0 Å². The van der Waals surface area contributed by atoms with Gasteiger partial charge in [0, 0.05) is 11.4 Å². The fraction of sp³-hybridized carbons (Fsp3) is 0.762. The van der Waals surface area contributed by atoms with Gasteiger partial charge in [-0.2, -0.15) is 0 Å². The van der Waals surface area contributed by atoms with E-state index in [1.807, 2.05) is 32.3 Å². The molecule has 3 heteroatoms. The van der Waals surface area contributed by atoms with Crippen molar-refractivity contribution in [3.8, 4) is 0 Å². The maximum absolute atomic E-state index is 12.8. The zero-order valence-corrected chi connectivity index (χ0v) is 16.3. The summed E-state index contributed by atoms with van der Waals surface area (Å²) in [4.78, 5) is 12.8. The standard InChI is InChI=1S/C21H35NO2/c1-6-7-12-17-13-10-8-9-11-14-19-18(17)15-16(2)22(19)20(23)24-21(3,4)5/h15,17H,6-14H2,1-5H3. The number of nitrogens with zero attached hydrogens (tertiary/aromatic N) is 1. The Morgan fingerprint density at radius 1 is 1.25 bits per heavy atom. The first-order valence-corrected chi connectivity index (χ1v) is 9.78. The molecule has 0 saturated carbocycles. The lowest BCUT2D eigenvalue weighted by Gasteiger charge is -2.22. The van der Waals surface area contributed by atoms with Crippen LogP contribution in [0.4, 0.5) is 4.79 Å². The summed E-state index contributed by atoms with van der Waals surface area (Å²) < 4.78 is 7.52. The average molecular weight is 334 g/mol. The number of carbonyl (C=O) groups is 1. The smallest absolute Gasteiger partial charge is 0.418 e. The van der Waals surface area contributed by atoms with E-state index in [-0.39, 0.29) is 6.09 Å². The van der Waals surface area contributed by atoms with Crippen LogP contribution in [0.15, 0.2) is 6.07 Å². The molecule has 1 aliphatic carbocycles. The summed E-state index contributed by atoms with van der Waals surface area (Å²) >= 11 is 0. The summed E-state index contributed by atoms with van der Waals surface area (Å²) in [6.07, 6.45) is 10.8. The molecule has 2 rings (SSSR count). The third-order valence-corrected chi connectivity index (χ3v) is 4.96. The van der Waals surface area contributed by atoms with Crippen LogP contribution in [0.25, 0.3) is 0 Å². The van der Waals surface area contributed by atoms with Crippen LogP contribution in [0.3, 0.4) is 0 Å². The molecular formula is C21H35NO2. The van der Waals surface area contributed by atoms with E-state index < -0.39 is 5.60 Å². The van der Waals surface area contributed by atoms with Crippen molar-refractivity contribution >= 4 is 6.09 Å². The molecule has 24 heavy (non-hydrogen) atoms. The molecule has 1 atom stereocenters. The van der Waals surface area contributed by atoms with Gasteiger partial charge in [0.15, 0.2) is 0 Å². The minimum Gasteiger partial charge on any atom is -0.443 e. The number of aryl methyl sites for hydroxylation is 1. The summed E-state index contributed by atoms with van der Waals surface area (Å²) in [7, 11) is 0. The highest BCUT2D eigenvalue weighted by molar-refractivity contribution is 5.74. The minimum absolute atomic E-state index is 0.213. The SMILES string of the molecule is CCCCC1CCCCCCc2c1cc(C)n2C(=O)OC(C)(C)C. The van der Waals surface area contributed by atoms with Gasteiger partial charge >= 0.3 is 6.09 Å². The molecule has 1 unspecified atom stereocenters. The Balaban J connectivity index is 2.38. The molecule has 0 saturated heterocycles. The molecule has 1 heterocycles. The van der Waals surface area contributed by atoms with Crippen LogP contribution >= 0.6 is 0 Å². The van der Waals surface area contributed by atoms with Gasteiger partial charge in [-0.3, -0.25) is 4.57 Å². The van der Waals surface area contributed by atoms with Crippen LogP contribution in [-0.4, -0.2) is 16.3 Å². The Hall–Kier alpha value is -1.25. The van der Waals surface area contributed by atoms with Crippen molar-refractivity contribution in [1.82, 2.24) is 4.57 Å². The predicted molar refractivity (Wildman–Crippen MR) is 99.9 cm³/mol. The van der Waals surface area contributed by atoms with Gasteiger partial charge in [0.1, 0.15) is 5.60 Å². The first kappa shape index (κ1) is 19.1. The molecule has 1 aromatic heterocycles. The normalized spacial score (nSPS) is 19.1. The van der Waals surface area contributed by atoms with Crippen molar-refractivity contribution in [2.75, 3.05) is 0 Å². The quantitative estimate of drug-likeness (QED) is 0.644. The Morgan fingerprint density at radius 2 is 1.96 bits per heavy atom. The van der Waals surface area contributed by atoms with Gasteiger partial charge in [-0.05, 0) is 70.9 Å². The van der Waals surface area contributed by atoms with Crippen LogP contribution < -0.4 is 0 Å². The number of hydrogen-bond acceptors (Lipinski definition) is 2. The van der Waals surface area contributed by atoms with Crippen molar-refractivity contribution in [2.45, 2.75) is 104 Å². The highest BCUT2D eigenvalue weighted by Crippen LogP contribution is 2.35. The third-order valence-electron chi connectivity index (χ3n) is 4.96. The Morgan fingerprint density at radius 3 is 2.62 bits per heavy atom. The zero-order chi connectivity index (χ0) is 17.7. The average Bonchev–Trinajstić information content (AvgIpc) is 2.83. The van der Waals surface area contributed by atoms with Crippen LogP contribution in [0.2, 0.25) is 0 Å². The molecule has 0 aromatic carbocycles. The number of fused-ring (bicyclic) bond motifs is 1. The Bertz CT molecular complexity index is 551. The summed E-state index contributed by atoms with van der Waals surface area (Å²) in [5, 5.41) is 0. The number of ether oxygens (including phenoxy) is 1. The van der Waals surface area contributed by atoms with Gasteiger partial charge in [0.2, 0.25) is 0 Å². The summed E-state index contributed by atoms with van der Waals surface area (Å²) in [5.41, 5.74) is 3.19. The molecule has 136 valence electrons. The van der Waals surface area contributed by atoms with E-state index in [1.165, 1.54) is 62.6 Å². The maximum atomic E-state index is 12.8. The highest BCUT2D eigenvalue weighted by atomic mass is 16.6. The number of unbranched alkanes of at least 4 members (excludes halogenated alkanes) is 1. The van der Waals surface area contributed by atoms with Crippen LogP contribution in [0, 0.1) is 6.92 Å². The molecule has 0 N–H and O–H groups in total. The number of rotatable bonds is 3. The molecule has 1 aliphatic rings. The number of aromatic nitrogens is 1. The molecule has 0 aliphatic heterocycles. The van der Waals surface area contributed by atoms with E-state index in [2.05, 4.69) is 13.0 Å². The minimum atomic E-state index is -0.458. The van der Waals surface area contributed by atoms with Gasteiger partial charge in [0.05, 0.1) is 0 Å². The Labute approximate surface area is 147 Å². The second-order valence-corrected chi connectivity index (χ2v) is 8.30. The molecule has 0 amide bonds. The lowest BCUT2D eigenvalue weighted by Crippen LogP contribution is -2.28. The number of hydrogen-bond donors (Lipinski definition) is 0. The van der Waals surface area contributed by atoms with Crippen molar-refractivity contribution in [3.63, 3.8) is 0 Å². The molecule has 0 bridgehead atoms. The number of carbonyl (C=O) groups excluding carboxylic acids is 1. The second kappa shape index (κ2) is 8.22. The molecular weight excluding hydrogens is 298 g/mol. The fourth-order valence-electron chi connectivity index (χ4n) is 3.83. The van der Waals surface area contributed by atoms with Gasteiger partial charge in [-0.25, -0.2) is 4.79 Å². The first-order chi connectivity index (χ1) is 11.3. The fourth-order valence-corrected chi connectivity index (χ4v) is 3.83. The zero-order valence-electron chi connectivity index (χ0n) is 16.3. The molecule has 0 fully saturated rings. The first-order valence-electron chi connectivity index (χ1n) is 9.78. The van der Waals surface area contributed by atoms with E-state index in [1.54, 1.807) is 0 Å². The van der Waals surface area contributed by atoms with Crippen LogP contribution in [-0.2, 0) is 11.2 Å². The lowest BCUT2D eigenvalue weighted by atomic mass is 9.89.